The van der Waals surface area contributed by atoms with Crippen LogP contribution in [0.3, 0.4) is 0 Å². The molecule has 1 aromatic carbocycles. The van der Waals surface area contributed by atoms with Gasteiger partial charge in [-0.2, -0.15) is 0 Å². The molecule has 0 fully saturated rings. The number of methoxy groups -OCH3 is 3. The molecule has 1 atom stereocenters. The summed E-state index contributed by atoms with van der Waals surface area (Å²) in [6, 6.07) is 5.19. The van der Waals surface area contributed by atoms with E-state index in [1.54, 1.807) is 24.3 Å². The molecule has 2 aromatic rings. The predicted octanol–water partition coefficient (Wildman–Crippen LogP) is 3.87. The summed E-state index contributed by atoms with van der Waals surface area (Å²) in [4.78, 5) is 37.9. The van der Waals surface area contributed by atoms with Crippen molar-refractivity contribution in [3.63, 3.8) is 0 Å². The van der Waals surface area contributed by atoms with E-state index in [1.807, 2.05) is 0 Å². The normalized spacial score (nSPS) is 15.0. The predicted molar refractivity (Wildman–Crippen MR) is 125 cm³/mol. The minimum atomic E-state index is -0.674. The molecular weight excluding hydrogens is 446 g/mol. The van der Waals surface area contributed by atoms with Gasteiger partial charge in [-0.1, -0.05) is 13.0 Å². The van der Waals surface area contributed by atoms with E-state index in [1.165, 1.54) is 38.7 Å². The van der Waals surface area contributed by atoms with Crippen LogP contribution < -0.4 is 14.8 Å². The number of amides is 1. The maximum Gasteiger partial charge on any atom is 0.341 e. The Balaban J connectivity index is 1.61. The van der Waals surface area contributed by atoms with E-state index in [2.05, 4.69) is 12.2 Å². The number of nitrogens with one attached hydrogen (secondary N) is 1. The van der Waals surface area contributed by atoms with Gasteiger partial charge in [0.05, 0.1) is 26.9 Å². The van der Waals surface area contributed by atoms with Crippen LogP contribution in [0.25, 0.3) is 6.08 Å². The first-order valence-electron chi connectivity index (χ1n) is 10.5. The SMILES string of the molecule is COC(=O)c1c(NC(=O)COC(=O)C=Cc2ccc(OC)c(OC)c2)sc2c1CCC(C)C2. The van der Waals surface area contributed by atoms with Crippen molar-refractivity contribution in [2.45, 2.75) is 26.2 Å². The molecule has 0 bridgehead atoms. The Morgan fingerprint density at radius 2 is 1.91 bits per heavy atom. The number of rotatable bonds is 8. The Bertz CT molecular complexity index is 1070. The third-order valence-electron chi connectivity index (χ3n) is 5.32. The number of ether oxygens (including phenoxy) is 4. The molecule has 0 radical (unpaired) electrons. The summed E-state index contributed by atoms with van der Waals surface area (Å²) >= 11 is 1.38. The van der Waals surface area contributed by atoms with E-state index >= 15 is 0 Å². The Morgan fingerprint density at radius 1 is 1.15 bits per heavy atom. The van der Waals surface area contributed by atoms with Gasteiger partial charge in [0, 0.05) is 11.0 Å². The number of hydrogen-bond donors (Lipinski definition) is 1. The molecule has 8 nitrogen and oxygen atoms in total. The van der Waals surface area contributed by atoms with Crippen molar-refractivity contribution >= 4 is 40.3 Å². The molecule has 33 heavy (non-hydrogen) atoms. The highest BCUT2D eigenvalue weighted by Gasteiger charge is 2.29. The van der Waals surface area contributed by atoms with Crippen molar-refractivity contribution < 1.29 is 33.3 Å². The maximum atomic E-state index is 12.4. The largest absolute Gasteiger partial charge is 0.493 e. The van der Waals surface area contributed by atoms with E-state index in [-0.39, 0.29) is 0 Å². The van der Waals surface area contributed by atoms with Gasteiger partial charge in [0.2, 0.25) is 0 Å². The fraction of sp³-hybridized carbons (Fsp3) is 0.375. The molecule has 1 N–H and O–H groups in total. The lowest BCUT2D eigenvalue weighted by Gasteiger charge is -2.18. The average Bonchev–Trinajstić information content (AvgIpc) is 3.17. The minimum Gasteiger partial charge on any atom is -0.493 e. The lowest BCUT2D eigenvalue weighted by atomic mass is 9.88. The van der Waals surface area contributed by atoms with E-state index in [0.717, 1.165) is 29.7 Å². The highest BCUT2D eigenvalue weighted by atomic mass is 32.1. The monoisotopic (exact) mass is 473 g/mol. The van der Waals surface area contributed by atoms with Crippen LogP contribution in [0.5, 0.6) is 11.5 Å². The van der Waals surface area contributed by atoms with Crippen LogP contribution in [0.1, 0.15) is 39.7 Å². The number of benzene rings is 1. The summed E-state index contributed by atoms with van der Waals surface area (Å²) in [7, 11) is 4.38. The van der Waals surface area contributed by atoms with Gasteiger partial charge in [0.15, 0.2) is 18.1 Å². The number of thiophene rings is 1. The molecule has 1 aliphatic rings. The zero-order valence-electron chi connectivity index (χ0n) is 19.1. The standard InChI is InChI=1S/C24H27NO7S/c1-14-5-8-16-19(11-14)33-23(22(16)24(28)31-4)25-20(26)13-32-21(27)10-7-15-6-9-17(29-2)18(12-15)30-3/h6-7,9-10,12,14H,5,8,11,13H2,1-4H3,(H,25,26). The number of carbonyl (C=O) groups is 3. The van der Waals surface area contributed by atoms with Crippen LogP contribution in [-0.2, 0) is 31.9 Å². The van der Waals surface area contributed by atoms with Gasteiger partial charge in [-0.25, -0.2) is 9.59 Å². The van der Waals surface area contributed by atoms with Crippen molar-refractivity contribution in [3.05, 3.63) is 45.8 Å². The number of fused-ring (bicyclic) bond motifs is 1. The topological polar surface area (TPSA) is 100 Å². The summed E-state index contributed by atoms with van der Waals surface area (Å²) in [5.74, 6) is -0.0605. The first-order valence-corrected chi connectivity index (χ1v) is 11.3. The van der Waals surface area contributed by atoms with Gasteiger partial charge in [-0.3, -0.25) is 4.79 Å². The van der Waals surface area contributed by atoms with Crippen LogP contribution in [0.2, 0.25) is 0 Å². The quantitative estimate of drug-likeness (QED) is 0.459. The van der Waals surface area contributed by atoms with E-state index in [9.17, 15) is 14.4 Å². The number of anilines is 1. The molecule has 1 amide bonds. The summed E-state index contributed by atoms with van der Waals surface area (Å²) in [5.41, 5.74) is 2.04. The molecule has 0 saturated heterocycles. The highest BCUT2D eigenvalue weighted by molar-refractivity contribution is 7.17. The van der Waals surface area contributed by atoms with Crippen LogP contribution >= 0.6 is 11.3 Å². The second-order valence-corrected chi connectivity index (χ2v) is 8.76. The minimum absolute atomic E-state index is 0.400. The highest BCUT2D eigenvalue weighted by Crippen LogP contribution is 2.40. The van der Waals surface area contributed by atoms with Crippen molar-refractivity contribution in [1.29, 1.82) is 0 Å². The van der Waals surface area contributed by atoms with Crippen LogP contribution in [0.4, 0.5) is 5.00 Å². The summed E-state index contributed by atoms with van der Waals surface area (Å²) in [5, 5.41) is 3.13. The Morgan fingerprint density at radius 3 is 2.61 bits per heavy atom. The molecule has 1 heterocycles. The molecule has 0 spiro atoms. The third-order valence-corrected chi connectivity index (χ3v) is 6.49. The van der Waals surface area contributed by atoms with Crippen LogP contribution in [0.15, 0.2) is 24.3 Å². The first-order chi connectivity index (χ1) is 15.9. The summed E-state index contributed by atoms with van der Waals surface area (Å²) in [6.07, 6.45) is 5.37. The molecule has 1 unspecified atom stereocenters. The molecule has 9 heteroatoms. The van der Waals surface area contributed by atoms with Crippen LogP contribution in [-0.4, -0.2) is 45.8 Å². The molecular formula is C24H27NO7S. The van der Waals surface area contributed by atoms with Gasteiger partial charge in [-0.15, -0.1) is 11.3 Å². The zero-order valence-corrected chi connectivity index (χ0v) is 19.9. The second kappa shape index (κ2) is 11.0. The molecule has 1 aliphatic carbocycles. The smallest absolute Gasteiger partial charge is 0.341 e. The van der Waals surface area contributed by atoms with Crippen molar-refractivity contribution in [1.82, 2.24) is 0 Å². The average molecular weight is 474 g/mol. The maximum absolute atomic E-state index is 12.4. The molecule has 0 saturated carbocycles. The van der Waals surface area contributed by atoms with Gasteiger partial charge >= 0.3 is 11.9 Å². The first kappa shape index (κ1) is 24.3. The van der Waals surface area contributed by atoms with Gasteiger partial charge in [0.1, 0.15) is 5.00 Å². The number of hydrogen-bond acceptors (Lipinski definition) is 8. The van der Waals surface area contributed by atoms with Gasteiger partial charge in [-0.05, 0) is 54.5 Å². The number of carbonyl (C=O) groups excluding carboxylic acids is 3. The second-order valence-electron chi connectivity index (χ2n) is 7.65. The van der Waals surface area contributed by atoms with E-state index < -0.39 is 24.5 Å². The van der Waals surface area contributed by atoms with Gasteiger partial charge < -0.3 is 24.3 Å². The Hall–Kier alpha value is -3.33. The molecule has 1 aromatic heterocycles. The van der Waals surface area contributed by atoms with E-state index in [0.29, 0.717) is 33.5 Å². The number of esters is 2. The van der Waals surface area contributed by atoms with Gasteiger partial charge in [0.25, 0.3) is 5.91 Å². The van der Waals surface area contributed by atoms with Crippen molar-refractivity contribution in [3.8, 4) is 11.5 Å². The van der Waals surface area contributed by atoms with Crippen LogP contribution in [0, 0.1) is 5.92 Å². The fourth-order valence-corrected chi connectivity index (χ4v) is 5.04. The molecule has 3 rings (SSSR count). The third kappa shape index (κ3) is 5.92. The summed E-state index contributed by atoms with van der Waals surface area (Å²) < 4.78 is 20.4. The Kier molecular flexibility index (Phi) is 8.11. The lowest BCUT2D eigenvalue weighted by molar-refractivity contribution is -0.142. The molecule has 0 aliphatic heterocycles. The summed E-state index contributed by atoms with van der Waals surface area (Å²) in [6.45, 7) is 1.68. The Labute approximate surface area is 196 Å². The fourth-order valence-electron chi connectivity index (χ4n) is 3.63. The van der Waals surface area contributed by atoms with Crippen molar-refractivity contribution in [2.75, 3.05) is 33.3 Å². The van der Waals surface area contributed by atoms with Crippen molar-refractivity contribution in [2.24, 2.45) is 5.92 Å². The molecule has 176 valence electrons. The zero-order chi connectivity index (χ0) is 24.0. The van der Waals surface area contributed by atoms with E-state index in [4.69, 9.17) is 18.9 Å². The lowest BCUT2D eigenvalue weighted by Crippen LogP contribution is -2.21.